The fourth-order valence-corrected chi connectivity index (χ4v) is 2.49. The first kappa shape index (κ1) is 14.4. The van der Waals surface area contributed by atoms with Crippen LogP contribution in [0.3, 0.4) is 0 Å². The Balaban J connectivity index is 2.76. The molecule has 0 amide bonds. The van der Waals surface area contributed by atoms with Gasteiger partial charge in [-0.2, -0.15) is 0 Å². The minimum atomic E-state index is 0.416. The molecule has 2 atom stereocenters. The first-order valence-corrected chi connectivity index (χ1v) is 6.49. The molecule has 2 nitrogen and oxygen atoms in total. The SMILES string of the molecule is C#CN(C(=C)/C(C)=C\NC=C)C1CC(C)C(C)C1. The van der Waals surface area contributed by atoms with Gasteiger partial charge in [0.15, 0.2) is 0 Å². The molecule has 2 heteroatoms. The molecule has 0 saturated heterocycles. The second kappa shape index (κ2) is 6.35. The second-order valence-electron chi connectivity index (χ2n) is 5.22. The Morgan fingerprint density at radius 3 is 2.39 bits per heavy atom. The lowest BCUT2D eigenvalue weighted by Gasteiger charge is -2.27. The summed E-state index contributed by atoms with van der Waals surface area (Å²) in [4.78, 5) is 1.98. The average Bonchev–Trinajstić information content (AvgIpc) is 2.67. The predicted molar refractivity (Wildman–Crippen MR) is 78.3 cm³/mol. The Bertz CT molecular complexity index is 376. The van der Waals surface area contributed by atoms with E-state index >= 15 is 0 Å². The maximum Gasteiger partial charge on any atom is 0.0464 e. The summed E-state index contributed by atoms with van der Waals surface area (Å²) in [6, 6.07) is 3.20. The smallest absolute Gasteiger partial charge is 0.0464 e. The van der Waals surface area contributed by atoms with E-state index in [1.807, 2.05) is 18.0 Å². The van der Waals surface area contributed by atoms with E-state index in [1.165, 1.54) is 0 Å². The highest BCUT2D eigenvalue weighted by Crippen LogP contribution is 2.35. The molecule has 1 saturated carbocycles. The molecule has 0 aromatic rings. The summed E-state index contributed by atoms with van der Waals surface area (Å²) in [6.07, 6.45) is 11.5. The summed E-state index contributed by atoms with van der Waals surface area (Å²) in [5, 5.41) is 2.96. The van der Waals surface area contributed by atoms with Crippen molar-refractivity contribution in [3.63, 3.8) is 0 Å². The van der Waals surface area contributed by atoms with E-state index in [1.54, 1.807) is 6.20 Å². The Morgan fingerprint density at radius 2 is 1.94 bits per heavy atom. The number of terminal acetylenes is 1. The third-order valence-electron chi connectivity index (χ3n) is 3.93. The highest BCUT2D eigenvalue weighted by molar-refractivity contribution is 5.28. The molecule has 1 aliphatic carbocycles. The van der Waals surface area contributed by atoms with E-state index in [2.05, 4.69) is 38.4 Å². The molecule has 0 aromatic heterocycles. The molecule has 0 radical (unpaired) electrons. The van der Waals surface area contributed by atoms with Crippen molar-refractivity contribution in [3.05, 3.63) is 36.8 Å². The van der Waals surface area contributed by atoms with Crippen LogP contribution in [0.4, 0.5) is 0 Å². The third-order valence-corrected chi connectivity index (χ3v) is 3.93. The number of allylic oxidation sites excluding steroid dienone is 1. The fourth-order valence-electron chi connectivity index (χ4n) is 2.49. The highest BCUT2D eigenvalue weighted by Gasteiger charge is 2.32. The summed E-state index contributed by atoms with van der Waals surface area (Å²) in [6.45, 7) is 14.3. The second-order valence-corrected chi connectivity index (χ2v) is 5.22. The van der Waals surface area contributed by atoms with Crippen LogP contribution in [0.1, 0.15) is 33.6 Å². The van der Waals surface area contributed by atoms with Gasteiger partial charge in [-0.15, -0.1) is 0 Å². The van der Waals surface area contributed by atoms with Gasteiger partial charge in [0, 0.05) is 24.0 Å². The standard InChI is InChI=1S/C16H24N2/c1-7-17-11-14(5)15(6)18(8-2)16-9-12(3)13(4)10-16/h2,7,11-13,16-17H,1,6,9-10H2,3-5H3/b14-11-. The maximum atomic E-state index is 5.66. The highest BCUT2D eigenvalue weighted by atomic mass is 15.2. The molecule has 0 bridgehead atoms. The van der Waals surface area contributed by atoms with Crippen molar-refractivity contribution in [1.82, 2.24) is 10.2 Å². The summed E-state index contributed by atoms with van der Waals surface area (Å²) in [5.41, 5.74) is 1.94. The molecular formula is C16H24N2. The Labute approximate surface area is 111 Å². The van der Waals surface area contributed by atoms with Crippen molar-refractivity contribution >= 4 is 0 Å². The van der Waals surface area contributed by atoms with E-state index in [-0.39, 0.29) is 0 Å². The van der Waals surface area contributed by atoms with Crippen molar-refractivity contribution in [2.75, 3.05) is 0 Å². The summed E-state index contributed by atoms with van der Waals surface area (Å²) in [7, 11) is 0. The van der Waals surface area contributed by atoms with Gasteiger partial charge in [-0.05, 0) is 43.4 Å². The van der Waals surface area contributed by atoms with Gasteiger partial charge in [-0.3, -0.25) is 4.90 Å². The molecule has 1 N–H and O–H groups in total. The van der Waals surface area contributed by atoms with Crippen molar-refractivity contribution in [3.8, 4) is 12.5 Å². The van der Waals surface area contributed by atoms with Crippen molar-refractivity contribution < 1.29 is 0 Å². The van der Waals surface area contributed by atoms with E-state index in [4.69, 9.17) is 6.42 Å². The van der Waals surface area contributed by atoms with Crippen LogP contribution in [0.5, 0.6) is 0 Å². The van der Waals surface area contributed by atoms with Gasteiger partial charge < -0.3 is 5.32 Å². The van der Waals surface area contributed by atoms with Gasteiger partial charge in [-0.25, -0.2) is 0 Å². The summed E-state index contributed by atoms with van der Waals surface area (Å²) in [5.74, 6) is 1.46. The molecule has 0 heterocycles. The minimum Gasteiger partial charge on any atom is -0.368 e. The lowest BCUT2D eigenvalue weighted by molar-refractivity contribution is 0.358. The van der Waals surface area contributed by atoms with Crippen LogP contribution < -0.4 is 5.32 Å². The number of hydrogen-bond donors (Lipinski definition) is 1. The maximum absolute atomic E-state index is 5.66. The lowest BCUT2D eigenvalue weighted by Crippen LogP contribution is -2.28. The monoisotopic (exact) mass is 244 g/mol. The van der Waals surface area contributed by atoms with Crippen molar-refractivity contribution in [1.29, 1.82) is 0 Å². The first-order chi connectivity index (χ1) is 8.51. The normalized spacial score (nSPS) is 27.4. The van der Waals surface area contributed by atoms with E-state index in [0.29, 0.717) is 6.04 Å². The zero-order valence-corrected chi connectivity index (χ0v) is 11.7. The molecule has 1 rings (SSSR count). The molecule has 2 unspecified atom stereocenters. The van der Waals surface area contributed by atoms with Crippen LogP contribution >= 0.6 is 0 Å². The molecule has 98 valence electrons. The largest absolute Gasteiger partial charge is 0.368 e. The predicted octanol–water partition coefficient (Wildman–Crippen LogP) is 3.46. The average molecular weight is 244 g/mol. The number of nitrogens with zero attached hydrogens (tertiary/aromatic N) is 1. The summed E-state index contributed by atoms with van der Waals surface area (Å²) < 4.78 is 0. The summed E-state index contributed by atoms with van der Waals surface area (Å²) >= 11 is 0. The molecule has 0 spiro atoms. The van der Waals surface area contributed by atoms with Crippen LogP contribution in [-0.4, -0.2) is 10.9 Å². The molecule has 0 aliphatic heterocycles. The zero-order valence-electron chi connectivity index (χ0n) is 11.7. The zero-order chi connectivity index (χ0) is 13.7. The minimum absolute atomic E-state index is 0.416. The quantitative estimate of drug-likeness (QED) is 0.452. The van der Waals surface area contributed by atoms with Gasteiger partial charge in [0.25, 0.3) is 0 Å². The topological polar surface area (TPSA) is 15.3 Å². The Hall–Kier alpha value is -1.62. The van der Waals surface area contributed by atoms with E-state index in [0.717, 1.165) is 35.9 Å². The van der Waals surface area contributed by atoms with Gasteiger partial charge in [0.2, 0.25) is 0 Å². The lowest BCUT2D eigenvalue weighted by atomic mass is 10.0. The van der Waals surface area contributed by atoms with Gasteiger partial charge >= 0.3 is 0 Å². The van der Waals surface area contributed by atoms with Crippen LogP contribution in [0.15, 0.2) is 36.8 Å². The van der Waals surface area contributed by atoms with Crippen LogP contribution in [-0.2, 0) is 0 Å². The Morgan fingerprint density at radius 1 is 1.39 bits per heavy atom. The third kappa shape index (κ3) is 3.20. The molecule has 1 aliphatic rings. The van der Waals surface area contributed by atoms with E-state index in [9.17, 15) is 0 Å². The van der Waals surface area contributed by atoms with Crippen LogP contribution in [0, 0.1) is 24.3 Å². The van der Waals surface area contributed by atoms with Crippen LogP contribution in [0.25, 0.3) is 0 Å². The van der Waals surface area contributed by atoms with Crippen LogP contribution in [0.2, 0.25) is 0 Å². The molecule has 18 heavy (non-hydrogen) atoms. The molecular weight excluding hydrogens is 220 g/mol. The van der Waals surface area contributed by atoms with E-state index < -0.39 is 0 Å². The van der Waals surface area contributed by atoms with Crippen molar-refractivity contribution in [2.24, 2.45) is 11.8 Å². The van der Waals surface area contributed by atoms with Gasteiger partial charge in [0.1, 0.15) is 0 Å². The number of hydrogen-bond acceptors (Lipinski definition) is 2. The number of nitrogens with one attached hydrogen (secondary N) is 1. The Kier molecular flexibility index (Phi) is 5.09. The first-order valence-electron chi connectivity index (χ1n) is 6.49. The van der Waals surface area contributed by atoms with Gasteiger partial charge in [-0.1, -0.05) is 33.4 Å². The molecule has 1 fully saturated rings. The van der Waals surface area contributed by atoms with Crippen molar-refractivity contribution in [2.45, 2.75) is 39.7 Å². The molecule has 0 aromatic carbocycles. The number of rotatable bonds is 5. The van der Waals surface area contributed by atoms with Gasteiger partial charge in [0.05, 0.1) is 0 Å². The fraction of sp³-hybridized carbons (Fsp3) is 0.500.